The SMILES string of the molecule is COC(=O)c1sccc1S(=O)(=O)Nc1ccccc1-n1cc(Br)cn1. The van der Waals surface area contributed by atoms with Crippen molar-refractivity contribution in [2.24, 2.45) is 0 Å². The second-order valence-electron chi connectivity index (χ2n) is 4.83. The van der Waals surface area contributed by atoms with Gasteiger partial charge in [0.2, 0.25) is 0 Å². The molecule has 0 saturated heterocycles. The summed E-state index contributed by atoms with van der Waals surface area (Å²) in [7, 11) is -2.77. The van der Waals surface area contributed by atoms with Crippen LogP contribution >= 0.6 is 27.3 Å². The van der Waals surface area contributed by atoms with Crippen LogP contribution in [-0.4, -0.2) is 31.3 Å². The van der Waals surface area contributed by atoms with Crippen molar-refractivity contribution in [3.63, 3.8) is 0 Å². The number of para-hydroxylation sites is 2. The summed E-state index contributed by atoms with van der Waals surface area (Å²) in [5, 5.41) is 5.69. The van der Waals surface area contributed by atoms with Gasteiger partial charge in [0, 0.05) is 6.20 Å². The zero-order valence-corrected chi connectivity index (χ0v) is 16.1. The van der Waals surface area contributed by atoms with Crippen molar-refractivity contribution in [2.75, 3.05) is 11.8 Å². The average molecular weight is 442 g/mol. The Labute approximate surface area is 156 Å². The van der Waals surface area contributed by atoms with Gasteiger partial charge in [-0.25, -0.2) is 17.9 Å². The Hall–Kier alpha value is -2.17. The number of anilines is 1. The van der Waals surface area contributed by atoms with Crippen LogP contribution in [0, 0.1) is 0 Å². The summed E-state index contributed by atoms with van der Waals surface area (Å²) in [5.41, 5.74) is 0.881. The number of carbonyl (C=O) groups is 1. The molecule has 0 spiro atoms. The fraction of sp³-hybridized carbons (Fsp3) is 0.0667. The molecule has 0 atom stereocenters. The highest BCUT2D eigenvalue weighted by atomic mass is 79.9. The van der Waals surface area contributed by atoms with E-state index in [1.807, 2.05) is 0 Å². The fourth-order valence-corrected chi connectivity index (χ4v) is 4.84. The van der Waals surface area contributed by atoms with Crippen LogP contribution < -0.4 is 4.72 Å². The quantitative estimate of drug-likeness (QED) is 0.613. The molecular weight excluding hydrogens is 430 g/mol. The van der Waals surface area contributed by atoms with E-state index in [0.29, 0.717) is 11.4 Å². The van der Waals surface area contributed by atoms with Crippen LogP contribution in [0.3, 0.4) is 0 Å². The summed E-state index contributed by atoms with van der Waals surface area (Å²) in [6.45, 7) is 0. The Morgan fingerprint density at radius 1 is 1.32 bits per heavy atom. The highest BCUT2D eigenvalue weighted by molar-refractivity contribution is 9.10. The van der Waals surface area contributed by atoms with Gasteiger partial charge in [-0.2, -0.15) is 5.10 Å². The predicted molar refractivity (Wildman–Crippen MR) is 97.7 cm³/mol. The molecule has 25 heavy (non-hydrogen) atoms. The second kappa shape index (κ2) is 6.98. The van der Waals surface area contributed by atoms with Crippen LogP contribution in [0.15, 0.2) is 57.5 Å². The van der Waals surface area contributed by atoms with Crippen LogP contribution in [0.25, 0.3) is 5.69 Å². The third-order valence-electron chi connectivity index (χ3n) is 3.24. The molecule has 2 heterocycles. The van der Waals surface area contributed by atoms with E-state index in [2.05, 4.69) is 30.5 Å². The number of nitrogens with zero attached hydrogens (tertiary/aromatic N) is 2. The van der Waals surface area contributed by atoms with Gasteiger partial charge in [0.1, 0.15) is 9.77 Å². The number of hydrogen-bond acceptors (Lipinski definition) is 6. The molecule has 0 saturated carbocycles. The first kappa shape index (κ1) is 17.6. The zero-order chi connectivity index (χ0) is 18.0. The van der Waals surface area contributed by atoms with Crippen LogP contribution in [0.2, 0.25) is 0 Å². The van der Waals surface area contributed by atoms with E-state index >= 15 is 0 Å². The number of aromatic nitrogens is 2. The van der Waals surface area contributed by atoms with E-state index < -0.39 is 16.0 Å². The van der Waals surface area contributed by atoms with Gasteiger partial charge in [-0.3, -0.25) is 4.72 Å². The van der Waals surface area contributed by atoms with E-state index in [9.17, 15) is 13.2 Å². The maximum atomic E-state index is 12.7. The van der Waals surface area contributed by atoms with Crippen LogP contribution in [-0.2, 0) is 14.8 Å². The highest BCUT2D eigenvalue weighted by Gasteiger charge is 2.25. The molecule has 0 aliphatic heterocycles. The van der Waals surface area contributed by atoms with Crippen molar-refractivity contribution in [1.29, 1.82) is 0 Å². The first-order chi connectivity index (χ1) is 11.9. The minimum absolute atomic E-state index is 0.0225. The van der Waals surface area contributed by atoms with Gasteiger partial charge >= 0.3 is 5.97 Å². The normalized spacial score (nSPS) is 11.3. The zero-order valence-electron chi connectivity index (χ0n) is 12.8. The predicted octanol–water partition coefficient (Wildman–Crippen LogP) is 3.28. The van der Waals surface area contributed by atoms with Gasteiger partial charge in [-0.1, -0.05) is 12.1 Å². The van der Waals surface area contributed by atoms with E-state index in [1.54, 1.807) is 36.7 Å². The smallest absolute Gasteiger partial charge is 0.349 e. The molecule has 0 radical (unpaired) electrons. The van der Waals surface area contributed by atoms with E-state index in [0.717, 1.165) is 15.8 Å². The third kappa shape index (κ3) is 3.60. The summed E-state index contributed by atoms with van der Waals surface area (Å²) >= 11 is 4.31. The third-order valence-corrected chi connectivity index (χ3v) is 6.08. The lowest BCUT2D eigenvalue weighted by atomic mass is 10.3. The number of benzene rings is 1. The number of rotatable bonds is 5. The van der Waals surface area contributed by atoms with Crippen molar-refractivity contribution < 1.29 is 17.9 Å². The Bertz CT molecular complexity index is 1030. The summed E-state index contributed by atoms with van der Waals surface area (Å²) in [6, 6.07) is 8.19. The second-order valence-corrected chi connectivity index (χ2v) is 8.31. The topological polar surface area (TPSA) is 90.3 Å². The molecule has 0 fully saturated rings. The average Bonchev–Trinajstić information content (AvgIpc) is 3.23. The fourth-order valence-electron chi connectivity index (χ4n) is 2.14. The summed E-state index contributed by atoms with van der Waals surface area (Å²) in [6.07, 6.45) is 3.30. The molecule has 0 unspecified atom stereocenters. The molecule has 0 aliphatic carbocycles. The maximum Gasteiger partial charge on any atom is 0.349 e. The number of sulfonamides is 1. The standard InChI is InChI=1S/C15H12BrN3O4S2/c1-23-15(20)14-13(6-7-24-14)25(21,22)18-11-4-2-3-5-12(11)19-9-10(16)8-17-19/h2-9,18H,1H3. The summed E-state index contributed by atoms with van der Waals surface area (Å²) < 4.78 is 34.9. The first-order valence-corrected chi connectivity index (χ1v) is 10.1. The van der Waals surface area contributed by atoms with Gasteiger partial charge in [0.15, 0.2) is 0 Å². The van der Waals surface area contributed by atoms with Crippen molar-refractivity contribution in [3.05, 3.63) is 57.5 Å². The Morgan fingerprint density at radius 2 is 2.08 bits per heavy atom. The molecule has 10 heteroatoms. The molecule has 0 amide bonds. The largest absolute Gasteiger partial charge is 0.465 e. The van der Waals surface area contributed by atoms with Crippen LogP contribution in [0.1, 0.15) is 9.67 Å². The number of ether oxygens (including phenoxy) is 1. The van der Waals surface area contributed by atoms with Gasteiger partial charge in [-0.15, -0.1) is 11.3 Å². The van der Waals surface area contributed by atoms with Crippen molar-refractivity contribution in [2.45, 2.75) is 4.90 Å². The first-order valence-electron chi connectivity index (χ1n) is 6.90. The number of methoxy groups -OCH3 is 1. The molecule has 1 N–H and O–H groups in total. The lowest BCUT2D eigenvalue weighted by Gasteiger charge is -2.12. The highest BCUT2D eigenvalue weighted by Crippen LogP contribution is 2.28. The van der Waals surface area contributed by atoms with Gasteiger partial charge in [-0.05, 0) is 39.5 Å². The van der Waals surface area contributed by atoms with E-state index in [4.69, 9.17) is 0 Å². The van der Waals surface area contributed by atoms with Gasteiger partial charge < -0.3 is 4.74 Å². The molecule has 0 aliphatic rings. The Kier molecular flexibility index (Phi) is 4.93. The molecule has 3 rings (SSSR count). The number of nitrogens with one attached hydrogen (secondary N) is 1. The lowest BCUT2D eigenvalue weighted by Crippen LogP contribution is -2.17. The maximum absolute atomic E-state index is 12.7. The summed E-state index contributed by atoms with van der Waals surface area (Å²) in [5.74, 6) is -0.695. The number of esters is 1. The van der Waals surface area contributed by atoms with Crippen molar-refractivity contribution >= 4 is 48.9 Å². The molecular formula is C15H12BrN3O4S2. The number of thiophene rings is 1. The molecule has 3 aromatic rings. The van der Waals surface area contributed by atoms with Crippen molar-refractivity contribution in [3.8, 4) is 5.69 Å². The minimum Gasteiger partial charge on any atom is -0.465 e. The molecule has 0 bridgehead atoms. The Balaban J connectivity index is 2.01. The van der Waals surface area contributed by atoms with Gasteiger partial charge in [0.25, 0.3) is 10.0 Å². The van der Waals surface area contributed by atoms with E-state index in [1.165, 1.54) is 23.2 Å². The minimum atomic E-state index is -3.97. The summed E-state index contributed by atoms with van der Waals surface area (Å²) in [4.78, 5) is 11.7. The number of carbonyl (C=O) groups excluding carboxylic acids is 1. The van der Waals surface area contributed by atoms with Crippen molar-refractivity contribution in [1.82, 2.24) is 9.78 Å². The molecule has 7 nitrogen and oxygen atoms in total. The monoisotopic (exact) mass is 441 g/mol. The number of hydrogen-bond donors (Lipinski definition) is 1. The molecule has 130 valence electrons. The molecule has 1 aromatic carbocycles. The van der Waals surface area contributed by atoms with Crippen LogP contribution in [0.5, 0.6) is 0 Å². The number of halogens is 1. The molecule has 2 aromatic heterocycles. The van der Waals surface area contributed by atoms with Crippen LogP contribution in [0.4, 0.5) is 5.69 Å². The van der Waals surface area contributed by atoms with E-state index in [-0.39, 0.29) is 9.77 Å². The van der Waals surface area contributed by atoms with Gasteiger partial charge in [0.05, 0.1) is 29.2 Å². The lowest BCUT2D eigenvalue weighted by molar-refractivity contribution is 0.0602. The Morgan fingerprint density at radius 3 is 2.76 bits per heavy atom.